The summed E-state index contributed by atoms with van der Waals surface area (Å²) in [5, 5.41) is 3.79. The SMILES string of the molecule is C=C/C=C\C=CC1=C/C(=C)/C=C\C=C/CC(C(/C=C\C)=C/C(/C=C\C)=C/C(CCC=C/C=C\C)Nc2ccccc2)(c2ccccc2S)C/C=C\1. The minimum absolute atomic E-state index is 0.119. The standard InChI is InChI=1S/C49H55NS/c1-6-10-12-14-19-33-46(50-45-31-20-15-21-32-45)40-43(26-8-3)39-44(27-9-4)49(47-34-22-23-35-48(47)51)36-24-16-17-28-41(5)38-42(30-25-37-49)29-18-13-11-7-2/h6-18,20-32,34-35,38-40,46,50-51H,2,5,19,33,36-37H2,1,3-4H3/b10-6-,13-11-,14-12?,24-16-,26-8-,27-9-,28-17-,29-18?,30-25-,42-38-,43-40+,44-39+. The first kappa shape index (κ1) is 40.4. The second-order valence-electron chi connectivity index (χ2n) is 12.3. The van der Waals surface area contributed by atoms with Gasteiger partial charge in [0.05, 0.1) is 0 Å². The van der Waals surface area contributed by atoms with Gasteiger partial charge < -0.3 is 5.32 Å². The van der Waals surface area contributed by atoms with E-state index in [1.54, 1.807) is 6.08 Å². The molecule has 0 aromatic heterocycles. The van der Waals surface area contributed by atoms with Crippen molar-refractivity contribution in [3.05, 3.63) is 229 Å². The van der Waals surface area contributed by atoms with Crippen molar-refractivity contribution in [2.75, 3.05) is 5.32 Å². The van der Waals surface area contributed by atoms with E-state index in [2.05, 4.69) is 196 Å². The number of thiol groups is 1. The number of para-hydroxylation sites is 1. The molecule has 2 aromatic carbocycles. The number of nitrogens with one attached hydrogen (secondary N) is 1. The Bertz CT molecular complexity index is 1780. The van der Waals surface area contributed by atoms with Gasteiger partial charge in [-0.25, -0.2) is 0 Å². The topological polar surface area (TPSA) is 12.0 Å². The Kier molecular flexibility index (Phi) is 18.5. The fourth-order valence-corrected chi connectivity index (χ4v) is 6.38. The molecule has 2 heteroatoms. The van der Waals surface area contributed by atoms with E-state index in [9.17, 15) is 0 Å². The molecule has 51 heavy (non-hydrogen) atoms. The lowest BCUT2D eigenvalue weighted by Gasteiger charge is -2.36. The molecule has 3 rings (SSSR count). The van der Waals surface area contributed by atoms with Crippen molar-refractivity contribution in [3.8, 4) is 0 Å². The third-order valence-corrected chi connectivity index (χ3v) is 8.79. The Morgan fingerprint density at radius 2 is 1.61 bits per heavy atom. The molecule has 0 aliphatic heterocycles. The number of anilines is 1. The van der Waals surface area contributed by atoms with Crippen molar-refractivity contribution < 1.29 is 0 Å². The van der Waals surface area contributed by atoms with Crippen LogP contribution in [0.1, 0.15) is 52.0 Å². The Morgan fingerprint density at radius 3 is 2.35 bits per heavy atom. The molecule has 1 aliphatic carbocycles. The second-order valence-corrected chi connectivity index (χ2v) is 12.8. The molecule has 2 unspecified atom stereocenters. The van der Waals surface area contributed by atoms with Crippen molar-refractivity contribution in [1.82, 2.24) is 0 Å². The molecular formula is C49H55NS. The predicted molar refractivity (Wildman–Crippen MR) is 231 cm³/mol. The molecule has 0 amide bonds. The Morgan fingerprint density at radius 1 is 0.843 bits per heavy atom. The fraction of sp³-hybridized carbons (Fsp3) is 0.184. The number of hydrogen-bond acceptors (Lipinski definition) is 2. The summed E-state index contributed by atoms with van der Waals surface area (Å²) in [6, 6.07) is 19.1. The zero-order valence-corrected chi connectivity index (χ0v) is 31.6. The zero-order valence-electron chi connectivity index (χ0n) is 30.7. The van der Waals surface area contributed by atoms with E-state index in [-0.39, 0.29) is 6.04 Å². The highest BCUT2D eigenvalue weighted by Crippen LogP contribution is 2.44. The second kappa shape index (κ2) is 23.4. The van der Waals surface area contributed by atoms with Gasteiger partial charge in [0.2, 0.25) is 0 Å². The smallest absolute Gasteiger partial charge is 0.0456 e. The highest BCUT2D eigenvalue weighted by atomic mass is 32.1. The molecule has 1 aliphatic rings. The van der Waals surface area contributed by atoms with Crippen molar-refractivity contribution in [1.29, 1.82) is 0 Å². The van der Waals surface area contributed by atoms with Crippen LogP contribution in [-0.2, 0) is 5.41 Å². The summed E-state index contributed by atoms with van der Waals surface area (Å²) in [6.07, 6.45) is 50.5. The van der Waals surface area contributed by atoms with Crippen LogP contribution in [0.5, 0.6) is 0 Å². The summed E-state index contributed by atoms with van der Waals surface area (Å²) in [7, 11) is 0. The summed E-state index contributed by atoms with van der Waals surface area (Å²) < 4.78 is 0. The van der Waals surface area contributed by atoms with Crippen LogP contribution < -0.4 is 5.32 Å². The monoisotopic (exact) mass is 689 g/mol. The maximum Gasteiger partial charge on any atom is 0.0456 e. The maximum atomic E-state index is 5.06. The molecular weight excluding hydrogens is 635 g/mol. The van der Waals surface area contributed by atoms with Gasteiger partial charge in [-0.2, -0.15) is 0 Å². The molecule has 0 heterocycles. The predicted octanol–water partition coefficient (Wildman–Crippen LogP) is 13.9. The van der Waals surface area contributed by atoms with Crippen molar-refractivity contribution in [3.63, 3.8) is 0 Å². The van der Waals surface area contributed by atoms with Crippen molar-refractivity contribution in [2.24, 2.45) is 0 Å². The molecule has 0 bridgehead atoms. The number of benzene rings is 2. The lowest BCUT2D eigenvalue weighted by atomic mass is 9.68. The molecule has 2 atom stereocenters. The van der Waals surface area contributed by atoms with Gasteiger partial charge in [-0.15, -0.1) is 12.6 Å². The van der Waals surface area contributed by atoms with Crippen molar-refractivity contribution in [2.45, 2.75) is 62.8 Å². The molecule has 0 saturated heterocycles. The number of allylic oxidation sites excluding steroid dienone is 25. The van der Waals surface area contributed by atoms with Gasteiger partial charge in [0, 0.05) is 22.0 Å². The van der Waals surface area contributed by atoms with Crippen LogP contribution in [0.4, 0.5) is 5.69 Å². The quantitative estimate of drug-likeness (QED) is 0.140. The first-order chi connectivity index (χ1) is 24.9. The highest BCUT2D eigenvalue weighted by molar-refractivity contribution is 7.80. The van der Waals surface area contributed by atoms with Crippen molar-refractivity contribution >= 4 is 18.3 Å². The van der Waals surface area contributed by atoms with Gasteiger partial charge in [0.1, 0.15) is 0 Å². The van der Waals surface area contributed by atoms with Crippen LogP contribution in [0.3, 0.4) is 0 Å². The minimum Gasteiger partial charge on any atom is -0.379 e. The fourth-order valence-electron chi connectivity index (χ4n) is 6.01. The molecule has 0 spiro atoms. The first-order valence-corrected chi connectivity index (χ1v) is 18.3. The Balaban J connectivity index is 2.25. The van der Waals surface area contributed by atoms with Gasteiger partial charge >= 0.3 is 0 Å². The summed E-state index contributed by atoms with van der Waals surface area (Å²) in [5.74, 6) is 0. The highest BCUT2D eigenvalue weighted by Gasteiger charge is 2.34. The van der Waals surface area contributed by atoms with E-state index in [0.29, 0.717) is 0 Å². The minimum atomic E-state index is -0.405. The third kappa shape index (κ3) is 14.0. The largest absolute Gasteiger partial charge is 0.379 e. The Hall–Kier alpha value is -5.05. The van der Waals surface area contributed by atoms with E-state index >= 15 is 0 Å². The molecule has 0 saturated carbocycles. The average Bonchev–Trinajstić information content (AvgIpc) is 3.12. The van der Waals surface area contributed by atoms with Crippen LogP contribution in [0, 0.1) is 0 Å². The lowest BCUT2D eigenvalue weighted by Crippen LogP contribution is -2.28. The summed E-state index contributed by atoms with van der Waals surface area (Å²) in [4.78, 5) is 0.976. The first-order valence-electron chi connectivity index (χ1n) is 17.9. The van der Waals surface area contributed by atoms with Crippen LogP contribution in [0.15, 0.2) is 229 Å². The molecule has 2 aromatic rings. The van der Waals surface area contributed by atoms with Gasteiger partial charge in [-0.1, -0.05) is 177 Å². The number of hydrogen-bond donors (Lipinski definition) is 2. The Labute approximate surface area is 314 Å². The average molecular weight is 690 g/mol. The zero-order chi connectivity index (χ0) is 36.6. The van der Waals surface area contributed by atoms with Crippen LogP contribution in [-0.4, -0.2) is 6.04 Å². The third-order valence-electron chi connectivity index (χ3n) is 8.40. The molecule has 0 fully saturated rings. The van der Waals surface area contributed by atoms with E-state index in [0.717, 1.165) is 53.0 Å². The van der Waals surface area contributed by atoms with Crippen LogP contribution >= 0.6 is 12.6 Å². The van der Waals surface area contributed by atoms with Gasteiger partial charge in [-0.3, -0.25) is 0 Å². The summed E-state index contributed by atoms with van der Waals surface area (Å²) in [6.45, 7) is 14.3. The number of rotatable bonds is 15. The normalized spacial score (nSPS) is 21.6. The maximum absolute atomic E-state index is 5.06. The lowest BCUT2D eigenvalue weighted by molar-refractivity contribution is 0.517. The molecule has 262 valence electrons. The van der Waals surface area contributed by atoms with E-state index < -0.39 is 5.41 Å². The molecule has 1 N–H and O–H groups in total. The van der Waals surface area contributed by atoms with Gasteiger partial charge in [0.15, 0.2) is 0 Å². The van der Waals surface area contributed by atoms with Crippen LogP contribution in [0.25, 0.3) is 0 Å². The van der Waals surface area contributed by atoms with Gasteiger partial charge in [-0.05, 0) is 98.6 Å². The molecule has 1 nitrogen and oxygen atoms in total. The van der Waals surface area contributed by atoms with E-state index in [1.807, 2.05) is 25.2 Å². The van der Waals surface area contributed by atoms with Gasteiger partial charge in [0.25, 0.3) is 0 Å². The summed E-state index contributed by atoms with van der Waals surface area (Å²) >= 11 is 5.06. The van der Waals surface area contributed by atoms with E-state index in [1.165, 1.54) is 11.1 Å². The van der Waals surface area contributed by atoms with Crippen LogP contribution in [0.2, 0.25) is 0 Å². The molecule has 0 radical (unpaired) electrons. The van der Waals surface area contributed by atoms with E-state index in [4.69, 9.17) is 12.6 Å². The summed E-state index contributed by atoms with van der Waals surface area (Å²) in [5.41, 5.74) is 6.28.